The molecule has 3 rings (SSSR count). The molecule has 0 heterocycles. The summed E-state index contributed by atoms with van der Waals surface area (Å²) >= 11 is 0. The predicted molar refractivity (Wildman–Crippen MR) is 118 cm³/mol. The van der Waals surface area contributed by atoms with Gasteiger partial charge < -0.3 is 25.2 Å². The lowest BCUT2D eigenvalue weighted by Gasteiger charge is -2.27. The van der Waals surface area contributed by atoms with E-state index in [9.17, 15) is 36.3 Å². The molecule has 37 heavy (non-hydrogen) atoms. The van der Waals surface area contributed by atoms with E-state index in [0.29, 0.717) is 31.7 Å². The Hall–Kier alpha value is -3.90. The minimum absolute atomic E-state index is 0.0426. The summed E-state index contributed by atoms with van der Waals surface area (Å²) in [5, 5.41) is 13.8. The zero-order valence-corrected chi connectivity index (χ0v) is 19.2. The van der Waals surface area contributed by atoms with E-state index in [2.05, 4.69) is 15.4 Å². The lowest BCUT2D eigenvalue weighted by molar-refractivity contribution is -0.274. The Kier molecular flexibility index (Phi) is 8.90. The van der Waals surface area contributed by atoms with Crippen LogP contribution in [0, 0.1) is 17.6 Å². The van der Waals surface area contributed by atoms with Gasteiger partial charge in [-0.15, -0.1) is 13.2 Å². The second-order valence-electron chi connectivity index (χ2n) is 8.28. The molecule has 3 N–H and O–H groups in total. The summed E-state index contributed by atoms with van der Waals surface area (Å²) in [4.78, 5) is 35.3. The zero-order valence-electron chi connectivity index (χ0n) is 19.2. The average molecular weight is 530 g/mol. The van der Waals surface area contributed by atoms with Gasteiger partial charge in [0.25, 0.3) is 11.8 Å². The summed E-state index contributed by atoms with van der Waals surface area (Å²) < 4.78 is 74.7. The van der Waals surface area contributed by atoms with Crippen molar-refractivity contribution in [3.63, 3.8) is 0 Å². The second-order valence-corrected chi connectivity index (χ2v) is 8.28. The van der Waals surface area contributed by atoms with E-state index in [-0.39, 0.29) is 24.4 Å². The van der Waals surface area contributed by atoms with Crippen molar-refractivity contribution >= 4 is 17.8 Å². The van der Waals surface area contributed by atoms with Crippen LogP contribution in [-0.4, -0.2) is 48.4 Å². The van der Waals surface area contributed by atoms with Gasteiger partial charge in [-0.05, 0) is 56.0 Å². The molecule has 1 aliphatic carbocycles. The number of carbonyl (C=O) groups is 3. The highest BCUT2D eigenvalue weighted by Gasteiger charge is 2.31. The van der Waals surface area contributed by atoms with Crippen LogP contribution in [-0.2, 0) is 4.79 Å². The molecule has 0 radical (unpaired) electrons. The third-order valence-electron chi connectivity index (χ3n) is 5.63. The maximum absolute atomic E-state index is 14.5. The van der Waals surface area contributed by atoms with Gasteiger partial charge in [0.05, 0.1) is 17.6 Å². The van der Waals surface area contributed by atoms with Gasteiger partial charge >= 0.3 is 12.3 Å². The number of alkyl halides is 3. The first-order chi connectivity index (χ1) is 17.4. The largest absolute Gasteiger partial charge is 0.573 e. The Morgan fingerprint density at radius 2 is 1.49 bits per heavy atom. The number of nitrogens with one attached hydrogen (secondary N) is 2. The van der Waals surface area contributed by atoms with E-state index in [1.165, 1.54) is 0 Å². The van der Waals surface area contributed by atoms with Gasteiger partial charge in [-0.25, -0.2) is 8.78 Å². The van der Waals surface area contributed by atoms with Gasteiger partial charge in [0, 0.05) is 24.7 Å². The van der Waals surface area contributed by atoms with Gasteiger partial charge in [-0.3, -0.25) is 14.4 Å². The molecule has 13 heteroatoms. The maximum atomic E-state index is 14.5. The Morgan fingerprint density at radius 3 is 2.05 bits per heavy atom. The van der Waals surface area contributed by atoms with Gasteiger partial charge in [0.1, 0.15) is 11.6 Å². The molecule has 0 aromatic heterocycles. The molecule has 200 valence electrons. The van der Waals surface area contributed by atoms with Crippen LogP contribution in [0.2, 0.25) is 0 Å². The van der Waals surface area contributed by atoms with E-state index in [4.69, 9.17) is 9.84 Å². The summed E-state index contributed by atoms with van der Waals surface area (Å²) in [6, 6.07) is 5.61. The van der Waals surface area contributed by atoms with Crippen LogP contribution in [0.15, 0.2) is 36.4 Å². The number of amides is 2. The number of rotatable bonds is 9. The first-order valence-corrected chi connectivity index (χ1v) is 11.2. The Morgan fingerprint density at radius 1 is 0.892 bits per heavy atom. The van der Waals surface area contributed by atoms with Gasteiger partial charge in [-0.2, -0.15) is 0 Å². The molecule has 0 saturated heterocycles. The molecule has 2 aromatic carbocycles. The first kappa shape index (κ1) is 27.7. The van der Waals surface area contributed by atoms with Crippen molar-refractivity contribution in [3.8, 4) is 11.5 Å². The van der Waals surface area contributed by atoms with E-state index >= 15 is 0 Å². The van der Waals surface area contributed by atoms with Crippen molar-refractivity contribution in [2.75, 3.05) is 13.1 Å². The molecule has 0 unspecified atom stereocenters. The van der Waals surface area contributed by atoms with Crippen LogP contribution >= 0.6 is 0 Å². The Bertz CT molecular complexity index is 1130. The third-order valence-corrected chi connectivity index (χ3v) is 5.63. The number of carbonyl (C=O) groups excluding carboxylic acids is 2. The Balaban J connectivity index is 1.46. The smallest absolute Gasteiger partial charge is 0.487 e. The van der Waals surface area contributed by atoms with Crippen molar-refractivity contribution < 1.29 is 50.9 Å². The SMILES string of the molecule is O=C(NCCNC(=O)c1cc(F)c(O[C@H]2CC[C@@H](C(=O)O)CC2)cc1F)c1ccc(OC(F)(F)F)cc1. The molecule has 1 fully saturated rings. The van der Waals surface area contributed by atoms with Crippen LogP contribution < -0.4 is 20.1 Å². The molecule has 1 aliphatic rings. The molecule has 0 aliphatic heterocycles. The monoisotopic (exact) mass is 530 g/mol. The summed E-state index contributed by atoms with van der Waals surface area (Å²) in [5.74, 6) is -5.83. The fourth-order valence-corrected chi connectivity index (χ4v) is 3.76. The number of hydrogen-bond acceptors (Lipinski definition) is 5. The highest BCUT2D eigenvalue weighted by atomic mass is 19.4. The number of carboxylic acids is 1. The first-order valence-electron chi connectivity index (χ1n) is 11.2. The van der Waals surface area contributed by atoms with Crippen molar-refractivity contribution in [1.29, 1.82) is 0 Å². The molecule has 2 aromatic rings. The lowest BCUT2D eigenvalue weighted by Crippen LogP contribution is -2.35. The maximum Gasteiger partial charge on any atom is 0.573 e. The van der Waals surface area contributed by atoms with Crippen molar-refractivity contribution in [3.05, 3.63) is 59.2 Å². The molecule has 1 saturated carbocycles. The highest BCUT2D eigenvalue weighted by Crippen LogP contribution is 2.30. The van der Waals surface area contributed by atoms with E-state index in [1.807, 2.05) is 0 Å². The van der Waals surface area contributed by atoms with E-state index in [0.717, 1.165) is 30.3 Å². The predicted octanol–water partition coefficient (Wildman–Crippen LogP) is 4.05. The van der Waals surface area contributed by atoms with E-state index in [1.54, 1.807) is 0 Å². The molecule has 0 spiro atoms. The third kappa shape index (κ3) is 8.05. The van der Waals surface area contributed by atoms with Crippen LogP contribution in [0.3, 0.4) is 0 Å². The normalized spacial score (nSPS) is 17.5. The fraction of sp³-hybridized carbons (Fsp3) is 0.375. The zero-order chi connectivity index (χ0) is 27.2. The molecule has 8 nitrogen and oxygen atoms in total. The minimum atomic E-state index is -4.86. The standard InChI is InChI=1S/C24H23F5N2O6/c25-18-12-20(36-15-5-3-14(4-6-15)23(34)35)19(26)11-17(18)22(33)31-10-9-30-21(32)13-1-7-16(8-2-13)37-24(27,28)29/h1-2,7-8,11-12,14-15H,3-6,9-10H2,(H,30,32)(H,31,33)(H,34,35)/t14-,15+. The summed E-state index contributed by atoms with van der Waals surface area (Å²) in [6.07, 6.45) is -3.87. The van der Waals surface area contributed by atoms with Crippen LogP contribution in [0.1, 0.15) is 46.4 Å². The van der Waals surface area contributed by atoms with Gasteiger partial charge in [0.15, 0.2) is 11.6 Å². The minimum Gasteiger partial charge on any atom is -0.487 e. The number of carboxylic acid groups (broad SMARTS) is 1. The van der Waals surface area contributed by atoms with Gasteiger partial charge in [0.2, 0.25) is 0 Å². The number of benzene rings is 2. The van der Waals surface area contributed by atoms with Gasteiger partial charge in [-0.1, -0.05) is 0 Å². The summed E-state index contributed by atoms with van der Waals surface area (Å²) in [5.41, 5.74) is -0.535. The number of ether oxygens (including phenoxy) is 2. The quantitative estimate of drug-likeness (QED) is 0.333. The number of aliphatic carboxylic acids is 1. The topological polar surface area (TPSA) is 114 Å². The molecular formula is C24H23F5N2O6. The number of hydrogen-bond donors (Lipinski definition) is 3. The van der Waals surface area contributed by atoms with Crippen LogP contribution in [0.4, 0.5) is 22.0 Å². The molecule has 0 atom stereocenters. The molecule has 2 amide bonds. The lowest BCUT2D eigenvalue weighted by atomic mass is 9.87. The Labute approximate surface area is 207 Å². The molecule has 0 bridgehead atoms. The number of halogens is 5. The van der Waals surface area contributed by atoms with Crippen molar-refractivity contribution in [2.24, 2.45) is 5.92 Å². The highest BCUT2D eigenvalue weighted by molar-refractivity contribution is 5.95. The van der Waals surface area contributed by atoms with Crippen LogP contribution in [0.5, 0.6) is 11.5 Å². The fourth-order valence-electron chi connectivity index (χ4n) is 3.76. The summed E-state index contributed by atoms with van der Waals surface area (Å²) in [6.45, 7) is -0.248. The molecular weight excluding hydrogens is 507 g/mol. The second kappa shape index (κ2) is 11.9. The van der Waals surface area contributed by atoms with Crippen molar-refractivity contribution in [2.45, 2.75) is 38.1 Å². The van der Waals surface area contributed by atoms with E-state index < -0.39 is 59.1 Å². The average Bonchev–Trinajstić information content (AvgIpc) is 2.83. The van der Waals surface area contributed by atoms with Crippen molar-refractivity contribution in [1.82, 2.24) is 10.6 Å². The summed E-state index contributed by atoms with van der Waals surface area (Å²) in [7, 11) is 0. The van der Waals surface area contributed by atoms with Crippen LogP contribution in [0.25, 0.3) is 0 Å².